The number of hydrogen-bond acceptors (Lipinski definition) is 3. The van der Waals surface area contributed by atoms with E-state index in [-0.39, 0.29) is 5.56 Å². The molecule has 5 nitrogen and oxygen atoms in total. The van der Waals surface area contributed by atoms with E-state index in [1.165, 1.54) is 22.8 Å². The van der Waals surface area contributed by atoms with Gasteiger partial charge in [-0.25, -0.2) is 15.0 Å². The van der Waals surface area contributed by atoms with Gasteiger partial charge >= 0.3 is 6.18 Å². The summed E-state index contributed by atoms with van der Waals surface area (Å²) in [7, 11) is 0. The van der Waals surface area contributed by atoms with Gasteiger partial charge in [-0.05, 0) is 139 Å². The molecule has 8 heteroatoms. The van der Waals surface area contributed by atoms with Crippen LogP contribution in [0.25, 0.3) is 123 Å². The number of para-hydroxylation sites is 2. The van der Waals surface area contributed by atoms with Crippen LogP contribution in [0.2, 0.25) is 0 Å². The van der Waals surface area contributed by atoms with Crippen LogP contribution in [0.1, 0.15) is 27.8 Å². The van der Waals surface area contributed by atoms with Crippen LogP contribution in [0.3, 0.4) is 0 Å². The minimum absolute atomic E-state index is 0.0122. The van der Waals surface area contributed by atoms with Gasteiger partial charge in [0.2, 0.25) is 0 Å². The van der Waals surface area contributed by atoms with Gasteiger partial charge in [-0.15, -0.1) is 0 Å². The molecule has 0 N–H and O–H groups in total. The number of aromatic nitrogens is 5. The van der Waals surface area contributed by atoms with Gasteiger partial charge in [-0.2, -0.15) is 13.2 Å². The maximum absolute atomic E-state index is 16.1. The lowest BCUT2D eigenvalue weighted by Gasteiger charge is -2.21. The molecule has 0 amide bonds. The highest BCUT2D eigenvalue weighted by Crippen LogP contribution is 2.46. The first-order chi connectivity index (χ1) is 36.9. The molecule has 0 saturated carbocycles. The Balaban J connectivity index is 1.09. The summed E-state index contributed by atoms with van der Waals surface area (Å²) in [4.78, 5) is 15.1. The molecular formula is C68H48F3N5. The van der Waals surface area contributed by atoms with E-state index < -0.39 is 11.7 Å². The Kier molecular flexibility index (Phi) is 11.1. The molecule has 0 spiro atoms. The second-order valence-corrected chi connectivity index (χ2v) is 19.8. The SMILES string of the molecule is Cc1ccc(-c2ccc3c(c2)c2ccccc2n3-c2ccc(C(F)(F)F)c(-c3cc(-c4nc(-c5ccccc5)nc(-c5ccccc5)n4)ccc3-n3c4ccccc4c4cc(-c5ccc(C)cc5C)ccc43)c2)c(C)c1. The van der Waals surface area contributed by atoms with E-state index in [2.05, 4.69) is 122 Å². The first-order valence-electron chi connectivity index (χ1n) is 25.4. The summed E-state index contributed by atoms with van der Waals surface area (Å²) < 4.78 is 52.4. The summed E-state index contributed by atoms with van der Waals surface area (Å²) in [5, 5.41) is 3.96. The molecule has 0 unspecified atom stereocenters. The summed E-state index contributed by atoms with van der Waals surface area (Å²) in [5.41, 5.74) is 15.4. The smallest absolute Gasteiger partial charge is 0.309 e. The molecule has 13 aromatic rings. The van der Waals surface area contributed by atoms with Gasteiger partial charge in [0.1, 0.15) is 0 Å². The van der Waals surface area contributed by atoms with Crippen LogP contribution in [0.4, 0.5) is 13.2 Å². The molecule has 10 aromatic carbocycles. The van der Waals surface area contributed by atoms with Crippen molar-refractivity contribution in [1.29, 1.82) is 0 Å². The zero-order valence-corrected chi connectivity index (χ0v) is 42.2. The van der Waals surface area contributed by atoms with Crippen LogP contribution in [0, 0.1) is 27.7 Å². The topological polar surface area (TPSA) is 48.5 Å². The maximum atomic E-state index is 16.1. The fourth-order valence-corrected chi connectivity index (χ4v) is 11.3. The van der Waals surface area contributed by atoms with Crippen molar-refractivity contribution >= 4 is 43.6 Å². The lowest BCUT2D eigenvalue weighted by Crippen LogP contribution is -2.10. The molecule has 366 valence electrons. The first-order valence-corrected chi connectivity index (χ1v) is 25.4. The standard InChI is InChI=1S/C68H48F3N5/c1-41-23-29-51(43(3)35-41)47-25-32-62-56(37-47)53-19-11-13-21-60(53)75(62)50-28-31-59(68(69,70)71)55(40-50)58-39-49(67-73-65(45-15-7-5-8-16-45)72-66(74-67)46-17-9-6-10-18-46)27-34-64(58)76-61-22-14-12-20-54(61)57-38-48(26-33-63(57)76)52-30-24-42(2)36-44(52)4/h5-40H,1-4H3. The third-order valence-electron chi connectivity index (χ3n) is 14.8. The average molecular weight is 992 g/mol. The number of nitrogens with zero attached hydrogens (tertiary/aromatic N) is 5. The number of alkyl halides is 3. The second kappa shape index (κ2) is 18.2. The molecule has 0 saturated heterocycles. The number of aryl methyl sites for hydroxylation is 4. The van der Waals surface area contributed by atoms with E-state index in [1.807, 2.05) is 115 Å². The minimum atomic E-state index is -4.74. The van der Waals surface area contributed by atoms with E-state index in [4.69, 9.17) is 15.0 Å². The summed E-state index contributed by atoms with van der Waals surface area (Å²) in [6, 6.07) is 71.5. The molecule has 0 bridgehead atoms. The molecule has 0 atom stereocenters. The van der Waals surface area contributed by atoms with Gasteiger partial charge in [0.05, 0.1) is 33.3 Å². The zero-order chi connectivity index (χ0) is 51.8. The predicted octanol–water partition coefficient (Wildman–Crippen LogP) is 18.3. The first kappa shape index (κ1) is 46.4. The number of benzene rings is 10. The lowest BCUT2D eigenvalue weighted by atomic mass is 9.94. The molecule has 0 radical (unpaired) electrons. The molecular weight excluding hydrogens is 944 g/mol. The molecule has 13 rings (SSSR count). The third kappa shape index (κ3) is 8.01. The van der Waals surface area contributed by atoms with E-state index >= 15 is 13.2 Å². The largest absolute Gasteiger partial charge is 0.417 e. The molecule has 0 fully saturated rings. The van der Waals surface area contributed by atoms with Crippen molar-refractivity contribution in [3.8, 4) is 78.9 Å². The Labute approximate surface area is 437 Å². The fraction of sp³-hybridized carbons (Fsp3) is 0.0735. The fourth-order valence-electron chi connectivity index (χ4n) is 11.3. The third-order valence-corrected chi connectivity index (χ3v) is 14.8. The summed E-state index contributed by atoms with van der Waals surface area (Å²) in [6.07, 6.45) is -4.74. The normalized spacial score (nSPS) is 11.9. The highest BCUT2D eigenvalue weighted by molar-refractivity contribution is 6.12. The molecule has 3 heterocycles. The monoisotopic (exact) mass is 991 g/mol. The molecule has 0 aliphatic heterocycles. The van der Waals surface area contributed by atoms with Crippen LogP contribution in [0.15, 0.2) is 218 Å². The Hall–Kier alpha value is -9.40. The predicted molar refractivity (Wildman–Crippen MR) is 305 cm³/mol. The van der Waals surface area contributed by atoms with Crippen molar-refractivity contribution in [2.24, 2.45) is 0 Å². The molecule has 76 heavy (non-hydrogen) atoms. The van der Waals surface area contributed by atoms with Crippen molar-refractivity contribution in [1.82, 2.24) is 24.1 Å². The van der Waals surface area contributed by atoms with Crippen molar-refractivity contribution in [2.75, 3.05) is 0 Å². The van der Waals surface area contributed by atoms with Crippen LogP contribution < -0.4 is 0 Å². The maximum Gasteiger partial charge on any atom is 0.417 e. The van der Waals surface area contributed by atoms with Crippen LogP contribution >= 0.6 is 0 Å². The second-order valence-electron chi connectivity index (χ2n) is 19.8. The van der Waals surface area contributed by atoms with Crippen molar-refractivity contribution in [3.05, 3.63) is 246 Å². The highest BCUT2D eigenvalue weighted by atomic mass is 19.4. The highest BCUT2D eigenvalue weighted by Gasteiger charge is 2.35. The summed E-state index contributed by atoms with van der Waals surface area (Å²) in [5.74, 6) is 1.22. The number of hydrogen-bond donors (Lipinski definition) is 0. The number of rotatable bonds is 8. The van der Waals surface area contributed by atoms with Crippen LogP contribution in [-0.2, 0) is 6.18 Å². The van der Waals surface area contributed by atoms with Gasteiger partial charge in [-0.3, -0.25) is 0 Å². The van der Waals surface area contributed by atoms with Crippen LogP contribution in [0.5, 0.6) is 0 Å². The lowest BCUT2D eigenvalue weighted by molar-refractivity contribution is -0.137. The quantitative estimate of drug-likeness (QED) is 0.152. The summed E-state index contributed by atoms with van der Waals surface area (Å²) in [6.45, 7) is 8.43. The van der Waals surface area contributed by atoms with E-state index in [0.717, 1.165) is 82.6 Å². The van der Waals surface area contributed by atoms with Crippen LogP contribution in [-0.4, -0.2) is 24.1 Å². The van der Waals surface area contributed by atoms with Gasteiger partial charge in [0, 0.05) is 49.5 Å². The van der Waals surface area contributed by atoms with Gasteiger partial charge in [0.15, 0.2) is 17.5 Å². The van der Waals surface area contributed by atoms with Crippen molar-refractivity contribution < 1.29 is 13.2 Å². The minimum Gasteiger partial charge on any atom is -0.309 e. The van der Waals surface area contributed by atoms with E-state index in [0.29, 0.717) is 40.0 Å². The Morgan fingerprint density at radius 3 is 1.32 bits per heavy atom. The Morgan fingerprint density at radius 2 is 0.789 bits per heavy atom. The number of fused-ring (bicyclic) bond motifs is 6. The average Bonchev–Trinajstić information content (AvgIpc) is 3.96. The Bertz CT molecular complexity index is 4380. The van der Waals surface area contributed by atoms with Gasteiger partial charge in [-0.1, -0.05) is 157 Å². The van der Waals surface area contributed by atoms with Crippen molar-refractivity contribution in [2.45, 2.75) is 33.9 Å². The van der Waals surface area contributed by atoms with E-state index in [1.54, 1.807) is 12.1 Å². The van der Waals surface area contributed by atoms with Gasteiger partial charge < -0.3 is 9.13 Å². The Morgan fingerprint density at radius 1 is 0.329 bits per heavy atom. The van der Waals surface area contributed by atoms with Crippen molar-refractivity contribution in [3.63, 3.8) is 0 Å². The molecule has 0 aliphatic carbocycles. The summed E-state index contributed by atoms with van der Waals surface area (Å²) >= 11 is 0. The number of halogens is 3. The molecule has 0 aliphatic rings. The zero-order valence-electron chi connectivity index (χ0n) is 42.2. The van der Waals surface area contributed by atoms with E-state index in [9.17, 15) is 0 Å². The molecule has 3 aromatic heterocycles. The van der Waals surface area contributed by atoms with Gasteiger partial charge in [0.25, 0.3) is 0 Å².